The van der Waals surface area contributed by atoms with Gasteiger partial charge >= 0.3 is 5.97 Å². The van der Waals surface area contributed by atoms with E-state index in [-0.39, 0.29) is 0 Å². The molecule has 2 N–H and O–H groups in total. The van der Waals surface area contributed by atoms with Crippen LogP contribution in [0.5, 0.6) is 0 Å². The number of aliphatic carboxylic acids is 1. The average molecular weight is 207 g/mol. The monoisotopic (exact) mass is 207 g/mol. The zero-order valence-electron chi connectivity index (χ0n) is 8.31. The molecular weight excluding hydrogens is 194 g/mol. The van der Waals surface area contributed by atoms with Crippen LogP contribution in [0.25, 0.3) is 0 Å². The summed E-state index contributed by atoms with van der Waals surface area (Å²) in [6.45, 7) is 2.42. The molecule has 1 aromatic heterocycles. The summed E-state index contributed by atoms with van der Waals surface area (Å²) in [6.07, 6.45) is 5.49. The molecule has 5 heteroatoms. The Kier molecular flexibility index (Phi) is 2.82. The van der Waals surface area contributed by atoms with Gasteiger partial charge in [0.1, 0.15) is 0 Å². The SMILES string of the molecule is O=C(O)/C=C/CN1CCc2nc[nH]c2C1. The summed E-state index contributed by atoms with van der Waals surface area (Å²) >= 11 is 0. The lowest BCUT2D eigenvalue weighted by molar-refractivity contribution is -0.131. The van der Waals surface area contributed by atoms with Gasteiger partial charge in [0.25, 0.3) is 0 Å². The van der Waals surface area contributed by atoms with Crippen molar-refractivity contribution in [1.82, 2.24) is 14.9 Å². The van der Waals surface area contributed by atoms with Crippen molar-refractivity contribution in [3.8, 4) is 0 Å². The van der Waals surface area contributed by atoms with E-state index in [4.69, 9.17) is 5.11 Å². The van der Waals surface area contributed by atoms with E-state index in [1.165, 1.54) is 6.08 Å². The number of rotatable bonds is 3. The molecule has 1 aromatic rings. The molecule has 15 heavy (non-hydrogen) atoms. The molecule has 2 heterocycles. The smallest absolute Gasteiger partial charge is 0.328 e. The molecule has 0 unspecified atom stereocenters. The number of aromatic amines is 1. The Bertz CT molecular complexity index is 384. The van der Waals surface area contributed by atoms with Crippen molar-refractivity contribution >= 4 is 5.97 Å². The lowest BCUT2D eigenvalue weighted by Crippen LogP contribution is -2.30. The molecule has 5 nitrogen and oxygen atoms in total. The maximum atomic E-state index is 10.3. The van der Waals surface area contributed by atoms with E-state index in [2.05, 4.69) is 14.9 Å². The van der Waals surface area contributed by atoms with Gasteiger partial charge in [0.05, 0.1) is 17.7 Å². The number of aromatic nitrogens is 2. The Labute approximate surface area is 87.4 Å². The van der Waals surface area contributed by atoms with E-state index in [9.17, 15) is 4.79 Å². The molecule has 0 saturated heterocycles. The number of carboxylic acid groups (broad SMARTS) is 1. The second kappa shape index (κ2) is 4.27. The third-order valence-corrected chi connectivity index (χ3v) is 2.48. The van der Waals surface area contributed by atoms with Gasteiger partial charge in [0.2, 0.25) is 0 Å². The van der Waals surface area contributed by atoms with E-state index in [0.29, 0.717) is 6.54 Å². The third-order valence-electron chi connectivity index (χ3n) is 2.48. The summed E-state index contributed by atoms with van der Waals surface area (Å²) in [5.74, 6) is -0.894. The molecule has 0 aliphatic carbocycles. The fraction of sp³-hybridized carbons (Fsp3) is 0.400. The molecule has 0 radical (unpaired) electrons. The van der Waals surface area contributed by atoms with E-state index >= 15 is 0 Å². The normalized spacial score (nSPS) is 16.8. The van der Waals surface area contributed by atoms with Crippen molar-refractivity contribution in [3.05, 3.63) is 29.9 Å². The predicted octanol–water partition coefficient (Wildman–Crippen LogP) is 0.409. The van der Waals surface area contributed by atoms with Gasteiger partial charge in [0, 0.05) is 32.1 Å². The molecule has 0 atom stereocenters. The molecule has 1 aliphatic rings. The number of fused-ring (bicyclic) bond motifs is 1. The Morgan fingerprint density at radius 1 is 1.73 bits per heavy atom. The minimum Gasteiger partial charge on any atom is -0.478 e. The fourth-order valence-corrected chi connectivity index (χ4v) is 1.73. The van der Waals surface area contributed by atoms with E-state index in [1.54, 1.807) is 12.4 Å². The molecule has 0 saturated carbocycles. The summed E-state index contributed by atoms with van der Waals surface area (Å²) in [6, 6.07) is 0. The van der Waals surface area contributed by atoms with Gasteiger partial charge in [-0.3, -0.25) is 4.90 Å². The Balaban J connectivity index is 1.90. The zero-order chi connectivity index (χ0) is 10.7. The molecule has 80 valence electrons. The Morgan fingerprint density at radius 3 is 3.40 bits per heavy atom. The topological polar surface area (TPSA) is 69.2 Å². The lowest BCUT2D eigenvalue weighted by atomic mass is 10.1. The van der Waals surface area contributed by atoms with Crippen LogP contribution in [0.3, 0.4) is 0 Å². The number of hydrogen-bond donors (Lipinski definition) is 2. The Hall–Kier alpha value is -1.62. The van der Waals surface area contributed by atoms with Gasteiger partial charge in [-0.15, -0.1) is 0 Å². The van der Waals surface area contributed by atoms with Crippen molar-refractivity contribution in [3.63, 3.8) is 0 Å². The first-order chi connectivity index (χ1) is 7.25. The lowest BCUT2D eigenvalue weighted by Gasteiger charge is -2.24. The molecule has 0 amide bonds. The summed E-state index contributed by atoms with van der Waals surface area (Å²) in [7, 11) is 0. The van der Waals surface area contributed by atoms with Gasteiger partial charge in [0.15, 0.2) is 0 Å². The van der Waals surface area contributed by atoms with Crippen LogP contribution in [0.15, 0.2) is 18.5 Å². The van der Waals surface area contributed by atoms with Crippen molar-refractivity contribution < 1.29 is 9.90 Å². The van der Waals surface area contributed by atoms with Crippen LogP contribution in [0, 0.1) is 0 Å². The number of nitrogens with zero attached hydrogens (tertiary/aromatic N) is 2. The van der Waals surface area contributed by atoms with Crippen LogP contribution in [0.1, 0.15) is 11.4 Å². The Morgan fingerprint density at radius 2 is 2.60 bits per heavy atom. The van der Waals surface area contributed by atoms with E-state index in [1.807, 2.05) is 0 Å². The van der Waals surface area contributed by atoms with Crippen LogP contribution in [-0.4, -0.2) is 39.0 Å². The van der Waals surface area contributed by atoms with Crippen LogP contribution in [-0.2, 0) is 17.8 Å². The molecule has 0 bridgehead atoms. The van der Waals surface area contributed by atoms with Gasteiger partial charge in [-0.05, 0) is 0 Å². The zero-order valence-corrected chi connectivity index (χ0v) is 8.31. The minimum absolute atomic E-state index is 0.671. The number of carboxylic acids is 1. The first-order valence-corrected chi connectivity index (χ1v) is 4.88. The van der Waals surface area contributed by atoms with Gasteiger partial charge in [-0.2, -0.15) is 0 Å². The molecule has 0 fully saturated rings. The number of carbonyl (C=O) groups is 1. The fourth-order valence-electron chi connectivity index (χ4n) is 1.73. The van der Waals surface area contributed by atoms with Gasteiger partial charge < -0.3 is 10.1 Å². The summed E-state index contributed by atoms with van der Waals surface area (Å²) in [4.78, 5) is 19.8. The number of nitrogens with one attached hydrogen (secondary N) is 1. The van der Waals surface area contributed by atoms with Crippen LogP contribution < -0.4 is 0 Å². The summed E-state index contributed by atoms with van der Waals surface area (Å²) in [5, 5.41) is 8.45. The van der Waals surface area contributed by atoms with Gasteiger partial charge in [-0.25, -0.2) is 9.78 Å². The molecule has 0 spiro atoms. The number of imidazole rings is 1. The highest BCUT2D eigenvalue weighted by atomic mass is 16.4. The summed E-state index contributed by atoms with van der Waals surface area (Å²) in [5.41, 5.74) is 2.28. The largest absolute Gasteiger partial charge is 0.478 e. The maximum Gasteiger partial charge on any atom is 0.328 e. The average Bonchev–Trinajstić information content (AvgIpc) is 2.64. The van der Waals surface area contributed by atoms with E-state index in [0.717, 1.165) is 30.9 Å². The number of H-pyrrole nitrogens is 1. The summed E-state index contributed by atoms with van der Waals surface area (Å²) < 4.78 is 0. The predicted molar refractivity (Wildman–Crippen MR) is 54.3 cm³/mol. The molecule has 0 aromatic carbocycles. The quantitative estimate of drug-likeness (QED) is 0.704. The molecule has 1 aliphatic heterocycles. The van der Waals surface area contributed by atoms with Crippen LogP contribution in [0.2, 0.25) is 0 Å². The van der Waals surface area contributed by atoms with Crippen molar-refractivity contribution in [1.29, 1.82) is 0 Å². The number of hydrogen-bond acceptors (Lipinski definition) is 3. The first kappa shape index (κ1) is 9.92. The van der Waals surface area contributed by atoms with Gasteiger partial charge in [-0.1, -0.05) is 6.08 Å². The first-order valence-electron chi connectivity index (χ1n) is 4.88. The maximum absolute atomic E-state index is 10.3. The highest BCUT2D eigenvalue weighted by molar-refractivity contribution is 5.79. The van der Waals surface area contributed by atoms with Crippen molar-refractivity contribution in [2.24, 2.45) is 0 Å². The van der Waals surface area contributed by atoms with Crippen LogP contribution >= 0.6 is 0 Å². The highest BCUT2D eigenvalue weighted by Gasteiger charge is 2.16. The van der Waals surface area contributed by atoms with E-state index < -0.39 is 5.97 Å². The molecule has 2 rings (SSSR count). The third kappa shape index (κ3) is 2.44. The van der Waals surface area contributed by atoms with Crippen LogP contribution in [0.4, 0.5) is 0 Å². The second-order valence-electron chi connectivity index (χ2n) is 3.55. The second-order valence-corrected chi connectivity index (χ2v) is 3.55. The van der Waals surface area contributed by atoms with Crippen molar-refractivity contribution in [2.75, 3.05) is 13.1 Å². The molecular formula is C10H13N3O2. The minimum atomic E-state index is -0.894. The standard InChI is InChI=1S/C10H13N3O2/c14-10(15)2-1-4-13-5-3-8-9(6-13)12-7-11-8/h1-2,7H,3-6H2,(H,11,12)(H,14,15)/b2-1+. The highest BCUT2D eigenvalue weighted by Crippen LogP contribution is 2.14. The van der Waals surface area contributed by atoms with Crippen molar-refractivity contribution in [2.45, 2.75) is 13.0 Å².